The molecule has 1 aliphatic rings. The third kappa shape index (κ3) is 2.62. The lowest BCUT2D eigenvalue weighted by atomic mass is 9.95. The molecule has 1 saturated carbocycles. The van der Waals surface area contributed by atoms with Crippen molar-refractivity contribution in [2.75, 3.05) is 0 Å². The van der Waals surface area contributed by atoms with E-state index in [0.717, 1.165) is 24.4 Å². The lowest BCUT2D eigenvalue weighted by Gasteiger charge is -2.20. The van der Waals surface area contributed by atoms with E-state index in [9.17, 15) is 4.79 Å². The van der Waals surface area contributed by atoms with E-state index < -0.39 is 0 Å². The Kier molecular flexibility index (Phi) is 3.43. The maximum Gasteiger partial charge on any atom is 0.265 e. The standard InChI is InChI=1S/C13H19BrN2O/c1-13(2,3)12-15-10(8-6-4-5-7-8)9(14)11(17)16-12/h8H,4-7H2,1-3H3,(H,15,16,17). The summed E-state index contributed by atoms with van der Waals surface area (Å²) < 4.78 is 0.623. The minimum absolute atomic E-state index is 0.0492. The SMILES string of the molecule is CC(C)(C)c1nc(C2CCCC2)c(Br)c(=O)[nH]1. The number of halogens is 1. The van der Waals surface area contributed by atoms with Gasteiger partial charge in [0.15, 0.2) is 0 Å². The molecule has 4 heteroatoms. The van der Waals surface area contributed by atoms with Crippen LogP contribution in [0.15, 0.2) is 9.27 Å². The molecule has 1 aromatic heterocycles. The smallest absolute Gasteiger partial charge is 0.265 e. The van der Waals surface area contributed by atoms with Crippen molar-refractivity contribution in [2.45, 2.75) is 57.8 Å². The van der Waals surface area contributed by atoms with Gasteiger partial charge >= 0.3 is 0 Å². The second-order valence-corrected chi connectivity index (χ2v) is 6.64. The van der Waals surface area contributed by atoms with Crippen LogP contribution in [0.4, 0.5) is 0 Å². The van der Waals surface area contributed by atoms with E-state index in [2.05, 4.69) is 46.7 Å². The Hall–Kier alpha value is -0.640. The molecule has 0 aliphatic heterocycles. The molecule has 17 heavy (non-hydrogen) atoms. The van der Waals surface area contributed by atoms with Crippen LogP contribution in [-0.4, -0.2) is 9.97 Å². The molecular formula is C13H19BrN2O. The minimum atomic E-state index is -0.118. The molecular weight excluding hydrogens is 280 g/mol. The zero-order valence-corrected chi connectivity index (χ0v) is 12.2. The summed E-state index contributed by atoms with van der Waals surface area (Å²) in [5.74, 6) is 1.24. The van der Waals surface area contributed by atoms with Gasteiger partial charge in [-0.2, -0.15) is 0 Å². The van der Waals surface area contributed by atoms with Crippen molar-refractivity contribution in [3.05, 3.63) is 26.3 Å². The summed E-state index contributed by atoms with van der Waals surface area (Å²) in [5.41, 5.74) is 0.788. The van der Waals surface area contributed by atoms with Crippen LogP contribution >= 0.6 is 15.9 Å². The zero-order valence-electron chi connectivity index (χ0n) is 10.6. The van der Waals surface area contributed by atoms with Gasteiger partial charge < -0.3 is 4.98 Å². The summed E-state index contributed by atoms with van der Waals surface area (Å²) in [6.45, 7) is 6.20. The quantitative estimate of drug-likeness (QED) is 0.863. The first-order valence-corrected chi connectivity index (χ1v) is 6.99. The number of aromatic amines is 1. The lowest BCUT2D eigenvalue weighted by molar-refractivity contribution is 0.530. The highest BCUT2D eigenvalue weighted by atomic mass is 79.9. The molecule has 1 fully saturated rings. The molecule has 0 unspecified atom stereocenters. The molecule has 0 atom stereocenters. The molecule has 0 bridgehead atoms. The normalized spacial score (nSPS) is 17.6. The summed E-state index contributed by atoms with van der Waals surface area (Å²) in [6.07, 6.45) is 4.80. The Labute approximate surface area is 110 Å². The average Bonchev–Trinajstić information content (AvgIpc) is 2.73. The summed E-state index contributed by atoms with van der Waals surface area (Å²) in [7, 11) is 0. The fraction of sp³-hybridized carbons (Fsp3) is 0.692. The van der Waals surface area contributed by atoms with E-state index in [1.54, 1.807) is 0 Å². The van der Waals surface area contributed by atoms with E-state index in [-0.39, 0.29) is 11.0 Å². The Morgan fingerprint density at radius 2 is 1.88 bits per heavy atom. The van der Waals surface area contributed by atoms with Crippen LogP contribution in [-0.2, 0) is 5.41 Å². The lowest BCUT2D eigenvalue weighted by Crippen LogP contribution is -2.24. The third-order valence-electron chi connectivity index (χ3n) is 3.34. The molecule has 1 aromatic rings. The van der Waals surface area contributed by atoms with Gasteiger partial charge in [0.1, 0.15) is 10.3 Å². The fourth-order valence-electron chi connectivity index (χ4n) is 2.30. The first-order valence-electron chi connectivity index (χ1n) is 6.20. The van der Waals surface area contributed by atoms with Gasteiger partial charge in [-0.1, -0.05) is 33.6 Å². The molecule has 0 amide bonds. The van der Waals surface area contributed by atoms with E-state index in [1.165, 1.54) is 12.8 Å². The number of nitrogens with zero attached hydrogens (tertiary/aromatic N) is 1. The Morgan fingerprint density at radius 1 is 1.29 bits per heavy atom. The van der Waals surface area contributed by atoms with Crippen molar-refractivity contribution in [3.63, 3.8) is 0 Å². The summed E-state index contributed by atoms with van der Waals surface area (Å²) in [5, 5.41) is 0. The van der Waals surface area contributed by atoms with Crippen LogP contribution in [0.3, 0.4) is 0 Å². The number of nitrogens with one attached hydrogen (secondary N) is 1. The Balaban J connectivity index is 2.50. The van der Waals surface area contributed by atoms with Gasteiger partial charge in [-0.3, -0.25) is 4.79 Å². The number of hydrogen-bond acceptors (Lipinski definition) is 2. The van der Waals surface area contributed by atoms with Gasteiger partial charge in [-0.25, -0.2) is 4.98 Å². The molecule has 1 heterocycles. The van der Waals surface area contributed by atoms with E-state index in [0.29, 0.717) is 10.4 Å². The highest BCUT2D eigenvalue weighted by Crippen LogP contribution is 2.36. The predicted molar refractivity (Wildman–Crippen MR) is 72.5 cm³/mol. The van der Waals surface area contributed by atoms with E-state index in [1.807, 2.05) is 0 Å². The topological polar surface area (TPSA) is 45.8 Å². The molecule has 0 radical (unpaired) electrons. The van der Waals surface area contributed by atoms with Gasteiger partial charge in [-0.15, -0.1) is 0 Å². The van der Waals surface area contributed by atoms with Crippen molar-refractivity contribution in [3.8, 4) is 0 Å². The molecule has 2 rings (SSSR count). The van der Waals surface area contributed by atoms with E-state index in [4.69, 9.17) is 0 Å². The first-order chi connectivity index (χ1) is 7.89. The third-order valence-corrected chi connectivity index (χ3v) is 4.11. The Morgan fingerprint density at radius 3 is 2.41 bits per heavy atom. The molecule has 1 aliphatic carbocycles. The van der Waals surface area contributed by atoms with E-state index >= 15 is 0 Å². The number of H-pyrrole nitrogens is 1. The van der Waals surface area contributed by atoms with Crippen molar-refractivity contribution >= 4 is 15.9 Å². The maximum absolute atomic E-state index is 11.9. The molecule has 0 spiro atoms. The molecule has 0 saturated heterocycles. The maximum atomic E-state index is 11.9. The number of rotatable bonds is 1. The molecule has 1 N–H and O–H groups in total. The van der Waals surface area contributed by atoms with Crippen molar-refractivity contribution in [1.29, 1.82) is 0 Å². The second-order valence-electron chi connectivity index (χ2n) is 5.85. The Bertz CT molecular complexity index is 467. The predicted octanol–water partition coefficient (Wildman–Crippen LogP) is 3.49. The van der Waals surface area contributed by atoms with Crippen LogP contribution in [0.25, 0.3) is 0 Å². The van der Waals surface area contributed by atoms with Gasteiger partial charge in [-0.05, 0) is 28.8 Å². The zero-order chi connectivity index (χ0) is 12.6. The number of aromatic nitrogens is 2. The fourth-order valence-corrected chi connectivity index (χ4v) is 2.81. The van der Waals surface area contributed by atoms with Crippen molar-refractivity contribution in [2.24, 2.45) is 0 Å². The molecule has 0 aromatic carbocycles. The van der Waals surface area contributed by atoms with Crippen LogP contribution in [0.2, 0.25) is 0 Å². The van der Waals surface area contributed by atoms with Gasteiger partial charge in [0.05, 0.1) is 5.69 Å². The van der Waals surface area contributed by atoms with Crippen molar-refractivity contribution < 1.29 is 0 Å². The highest BCUT2D eigenvalue weighted by molar-refractivity contribution is 9.10. The monoisotopic (exact) mass is 298 g/mol. The molecule has 3 nitrogen and oxygen atoms in total. The van der Waals surface area contributed by atoms with Gasteiger partial charge in [0.2, 0.25) is 0 Å². The second kappa shape index (κ2) is 4.56. The summed E-state index contributed by atoms with van der Waals surface area (Å²) in [6, 6.07) is 0. The first kappa shape index (κ1) is 12.8. The number of hydrogen-bond donors (Lipinski definition) is 1. The van der Waals surface area contributed by atoms with Gasteiger partial charge in [0.25, 0.3) is 5.56 Å². The average molecular weight is 299 g/mol. The highest BCUT2D eigenvalue weighted by Gasteiger charge is 2.25. The van der Waals surface area contributed by atoms with Crippen molar-refractivity contribution in [1.82, 2.24) is 9.97 Å². The summed E-state index contributed by atoms with van der Waals surface area (Å²) >= 11 is 3.38. The van der Waals surface area contributed by atoms with Gasteiger partial charge in [0, 0.05) is 11.3 Å². The summed E-state index contributed by atoms with van der Waals surface area (Å²) in [4.78, 5) is 19.5. The minimum Gasteiger partial charge on any atom is -0.309 e. The largest absolute Gasteiger partial charge is 0.309 e. The van der Waals surface area contributed by atoms with Crippen LogP contribution in [0.1, 0.15) is 63.9 Å². The van der Waals surface area contributed by atoms with Crippen LogP contribution in [0, 0.1) is 0 Å². The molecule has 94 valence electrons. The van der Waals surface area contributed by atoms with Crippen LogP contribution in [0.5, 0.6) is 0 Å². The van der Waals surface area contributed by atoms with Crippen LogP contribution < -0.4 is 5.56 Å².